The van der Waals surface area contributed by atoms with Gasteiger partial charge in [-0.1, -0.05) is 0 Å². The molecule has 138 valence electrons. The molecule has 26 heavy (non-hydrogen) atoms. The van der Waals surface area contributed by atoms with E-state index >= 15 is 0 Å². The Hall–Kier alpha value is -2.68. The summed E-state index contributed by atoms with van der Waals surface area (Å²) < 4.78 is 12.8. The molecule has 1 saturated carbocycles. The summed E-state index contributed by atoms with van der Waals surface area (Å²) in [5.74, 6) is 1.06. The maximum absolute atomic E-state index is 12.6. The number of anilines is 1. The lowest BCUT2D eigenvalue weighted by Gasteiger charge is -2.20. The first-order valence-electron chi connectivity index (χ1n) is 8.69. The Morgan fingerprint density at radius 2 is 2.27 bits per heavy atom. The number of aryl methyl sites for hydroxylation is 1. The van der Waals surface area contributed by atoms with Crippen LogP contribution in [-0.2, 0) is 29.8 Å². The van der Waals surface area contributed by atoms with Crippen LogP contribution in [0.5, 0.6) is 5.75 Å². The van der Waals surface area contributed by atoms with Crippen molar-refractivity contribution in [2.45, 2.75) is 44.6 Å². The first kappa shape index (κ1) is 16.8. The van der Waals surface area contributed by atoms with Gasteiger partial charge in [0.15, 0.2) is 11.4 Å². The second-order valence-corrected chi connectivity index (χ2v) is 6.86. The van der Waals surface area contributed by atoms with E-state index in [1.54, 1.807) is 23.3 Å². The number of rotatable bonds is 7. The summed E-state index contributed by atoms with van der Waals surface area (Å²) >= 11 is 0. The fourth-order valence-electron chi connectivity index (χ4n) is 2.85. The van der Waals surface area contributed by atoms with Crippen LogP contribution in [-0.4, -0.2) is 43.8 Å². The predicted molar refractivity (Wildman–Crippen MR) is 92.4 cm³/mol. The molecule has 1 aliphatic heterocycles. The van der Waals surface area contributed by atoms with Gasteiger partial charge in [0.05, 0.1) is 31.3 Å². The molecule has 2 aromatic heterocycles. The average Bonchev–Trinajstić information content (AvgIpc) is 3.06. The van der Waals surface area contributed by atoms with Gasteiger partial charge in [-0.05, 0) is 6.92 Å². The normalized spacial score (nSPS) is 18.1. The van der Waals surface area contributed by atoms with Crippen molar-refractivity contribution in [1.82, 2.24) is 25.1 Å². The Balaban J connectivity index is 1.29. The fraction of sp³-hybridized carbons (Fsp3) is 0.529. The number of hydrogen-bond donors (Lipinski definition) is 2. The van der Waals surface area contributed by atoms with Gasteiger partial charge in [0.25, 0.3) is 5.91 Å². The van der Waals surface area contributed by atoms with E-state index in [0.717, 1.165) is 11.3 Å². The second kappa shape index (κ2) is 6.56. The largest absolute Gasteiger partial charge is 0.474 e. The maximum atomic E-state index is 12.6. The van der Waals surface area contributed by atoms with Crippen molar-refractivity contribution in [3.8, 4) is 5.75 Å². The molecule has 2 aliphatic rings. The monoisotopic (exact) mass is 358 g/mol. The summed E-state index contributed by atoms with van der Waals surface area (Å²) in [5.41, 5.74) is 1.18. The first-order chi connectivity index (χ1) is 12.5. The standard InChI is InChI=1S/C17H22N6O3/c1-11(5-18-16-19-6-12-9-25-10-14(12)22-16)21-15(24)17(3-4-17)26-13-7-20-23(2)8-13/h6-8,11H,3-5,9-10H2,1-2H3,(H,21,24)(H,18,19,22)/t11-/m1/s1. The van der Waals surface area contributed by atoms with Gasteiger partial charge in [-0.25, -0.2) is 9.97 Å². The zero-order valence-electron chi connectivity index (χ0n) is 14.9. The summed E-state index contributed by atoms with van der Waals surface area (Å²) in [6.45, 7) is 3.55. The van der Waals surface area contributed by atoms with E-state index < -0.39 is 5.60 Å². The number of hydrogen-bond acceptors (Lipinski definition) is 7. The van der Waals surface area contributed by atoms with Gasteiger partial charge < -0.3 is 20.1 Å². The topological polar surface area (TPSA) is 103 Å². The van der Waals surface area contributed by atoms with E-state index in [4.69, 9.17) is 9.47 Å². The molecule has 1 aliphatic carbocycles. The molecular formula is C17H22N6O3. The third kappa shape index (κ3) is 3.48. The van der Waals surface area contributed by atoms with E-state index in [2.05, 4.69) is 25.7 Å². The highest BCUT2D eigenvalue weighted by Gasteiger charge is 2.53. The zero-order valence-corrected chi connectivity index (χ0v) is 14.9. The van der Waals surface area contributed by atoms with Gasteiger partial charge >= 0.3 is 0 Å². The zero-order chi connectivity index (χ0) is 18.1. The van der Waals surface area contributed by atoms with Crippen LogP contribution in [0.4, 0.5) is 5.95 Å². The minimum atomic E-state index is -0.765. The summed E-state index contributed by atoms with van der Waals surface area (Å²) in [6.07, 6.45) is 6.58. The molecule has 9 nitrogen and oxygen atoms in total. The quantitative estimate of drug-likeness (QED) is 0.753. The summed E-state index contributed by atoms with van der Waals surface area (Å²) in [7, 11) is 1.81. The fourth-order valence-corrected chi connectivity index (χ4v) is 2.85. The number of fused-ring (bicyclic) bond motifs is 1. The summed E-state index contributed by atoms with van der Waals surface area (Å²) in [6, 6.07) is -0.0921. The number of aromatic nitrogens is 4. The Labute approximate surface area is 151 Å². The van der Waals surface area contributed by atoms with E-state index in [-0.39, 0.29) is 11.9 Å². The lowest BCUT2D eigenvalue weighted by Crippen LogP contribution is -2.46. The van der Waals surface area contributed by atoms with E-state index in [1.165, 1.54) is 0 Å². The van der Waals surface area contributed by atoms with Gasteiger partial charge in [0.1, 0.15) is 0 Å². The number of carbonyl (C=O) groups is 1. The van der Waals surface area contributed by atoms with Crippen LogP contribution in [0.25, 0.3) is 0 Å². The minimum Gasteiger partial charge on any atom is -0.474 e. The average molecular weight is 358 g/mol. The van der Waals surface area contributed by atoms with Crippen molar-refractivity contribution in [1.29, 1.82) is 0 Å². The van der Waals surface area contributed by atoms with Crippen LogP contribution in [0, 0.1) is 0 Å². The minimum absolute atomic E-state index is 0.0921. The van der Waals surface area contributed by atoms with Crippen LogP contribution in [0.15, 0.2) is 18.6 Å². The van der Waals surface area contributed by atoms with Gasteiger partial charge in [-0.3, -0.25) is 9.48 Å². The van der Waals surface area contributed by atoms with E-state index in [0.29, 0.717) is 44.3 Å². The van der Waals surface area contributed by atoms with Crippen molar-refractivity contribution < 1.29 is 14.3 Å². The second-order valence-electron chi connectivity index (χ2n) is 6.86. The number of amides is 1. The molecule has 3 heterocycles. The van der Waals surface area contributed by atoms with Crippen molar-refractivity contribution >= 4 is 11.9 Å². The third-order valence-corrected chi connectivity index (χ3v) is 4.51. The van der Waals surface area contributed by atoms with E-state index in [9.17, 15) is 4.79 Å². The van der Waals surface area contributed by atoms with Crippen molar-refractivity contribution in [3.05, 3.63) is 29.8 Å². The van der Waals surface area contributed by atoms with Crippen molar-refractivity contribution in [3.63, 3.8) is 0 Å². The highest BCUT2D eigenvalue weighted by molar-refractivity contribution is 5.88. The molecule has 1 atom stereocenters. The Bertz CT molecular complexity index is 817. The Morgan fingerprint density at radius 3 is 3.00 bits per heavy atom. The van der Waals surface area contributed by atoms with Crippen LogP contribution in [0.3, 0.4) is 0 Å². The molecule has 2 N–H and O–H groups in total. The van der Waals surface area contributed by atoms with Crippen LogP contribution in [0.2, 0.25) is 0 Å². The molecule has 0 spiro atoms. The molecule has 0 radical (unpaired) electrons. The van der Waals surface area contributed by atoms with Gasteiger partial charge in [0, 0.05) is 44.2 Å². The molecule has 0 saturated heterocycles. The molecule has 0 unspecified atom stereocenters. The smallest absolute Gasteiger partial charge is 0.264 e. The number of carbonyl (C=O) groups excluding carboxylic acids is 1. The first-order valence-corrected chi connectivity index (χ1v) is 8.69. The highest BCUT2D eigenvalue weighted by atomic mass is 16.5. The molecule has 0 bridgehead atoms. The summed E-state index contributed by atoms with van der Waals surface area (Å²) in [4.78, 5) is 21.3. The highest BCUT2D eigenvalue weighted by Crippen LogP contribution is 2.40. The molecule has 4 rings (SSSR count). The van der Waals surface area contributed by atoms with Crippen molar-refractivity contribution in [2.75, 3.05) is 11.9 Å². The maximum Gasteiger partial charge on any atom is 0.264 e. The molecule has 1 fully saturated rings. The number of nitrogens with one attached hydrogen (secondary N) is 2. The predicted octanol–water partition coefficient (Wildman–Crippen LogP) is 0.768. The van der Waals surface area contributed by atoms with Crippen molar-refractivity contribution in [2.24, 2.45) is 7.05 Å². The number of nitrogens with zero attached hydrogens (tertiary/aromatic N) is 4. The van der Waals surface area contributed by atoms with Crippen LogP contribution >= 0.6 is 0 Å². The van der Waals surface area contributed by atoms with Gasteiger partial charge in [-0.2, -0.15) is 5.10 Å². The Kier molecular flexibility index (Phi) is 4.23. The Morgan fingerprint density at radius 1 is 1.42 bits per heavy atom. The molecular weight excluding hydrogens is 336 g/mol. The molecule has 0 aromatic carbocycles. The van der Waals surface area contributed by atoms with Gasteiger partial charge in [-0.15, -0.1) is 0 Å². The summed E-state index contributed by atoms with van der Waals surface area (Å²) in [5, 5.41) is 10.2. The number of ether oxygens (including phenoxy) is 2. The van der Waals surface area contributed by atoms with Crippen LogP contribution in [0.1, 0.15) is 31.0 Å². The lowest BCUT2D eigenvalue weighted by atomic mass is 10.2. The van der Waals surface area contributed by atoms with Crippen LogP contribution < -0.4 is 15.4 Å². The molecule has 9 heteroatoms. The van der Waals surface area contributed by atoms with Gasteiger partial charge in [0.2, 0.25) is 5.95 Å². The SMILES string of the molecule is C[C@H](CNc1ncc2c(n1)COC2)NC(=O)C1(Oc2cnn(C)c2)CC1. The lowest BCUT2D eigenvalue weighted by molar-refractivity contribution is -0.130. The third-order valence-electron chi connectivity index (χ3n) is 4.51. The van der Waals surface area contributed by atoms with E-state index in [1.807, 2.05) is 14.0 Å². The molecule has 1 amide bonds. The molecule has 2 aromatic rings.